The Hall–Kier alpha value is -0.970. The van der Waals surface area contributed by atoms with Crippen molar-refractivity contribution in [2.24, 2.45) is 4.99 Å². The van der Waals surface area contributed by atoms with Crippen LogP contribution in [-0.4, -0.2) is 31.9 Å². The highest BCUT2D eigenvalue weighted by Crippen LogP contribution is 2.36. The molecule has 1 aromatic carbocycles. The second kappa shape index (κ2) is 6.20. The fourth-order valence-electron chi connectivity index (χ4n) is 2.58. The Bertz CT molecular complexity index is 495. The zero-order chi connectivity index (χ0) is 13.9. The van der Waals surface area contributed by atoms with Gasteiger partial charge in [-0.2, -0.15) is 0 Å². The summed E-state index contributed by atoms with van der Waals surface area (Å²) in [7, 11) is 0. The first-order valence-electron chi connectivity index (χ1n) is 6.90. The molecule has 0 aliphatic carbocycles. The molecule has 0 radical (unpaired) electrons. The first-order chi connectivity index (χ1) is 9.77. The van der Waals surface area contributed by atoms with Crippen LogP contribution in [0, 0.1) is 0 Å². The highest BCUT2D eigenvalue weighted by atomic mass is 35.5. The summed E-state index contributed by atoms with van der Waals surface area (Å²) in [6.45, 7) is 2.36. The lowest BCUT2D eigenvalue weighted by Gasteiger charge is -2.36. The van der Waals surface area contributed by atoms with Crippen molar-refractivity contribution in [3.05, 3.63) is 28.2 Å². The van der Waals surface area contributed by atoms with Crippen LogP contribution >= 0.6 is 23.2 Å². The molecule has 0 bridgehead atoms. The van der Waals surface area contributed by atoms with Gasteiger partial charge >= 0.3 is 0 Å². The van der Waals surface area contributed by atoms with E-state index in [-0.39, 0.29) is 6.23 Å². The third-order valence-electron chi connectivity index (χ3n) is 3.51. The Balaban J connectivity index is 2.00. The molecule has 1 N–H and O–H groups in total. The molecule has 6 heteroatoms. The summed E-state index contributed by atoms with van der Waals surface area (Å²) in [5.74, 6) is 0.798. The second-order valence-electron chi connectivity index (χ2n) is 4.89. The SMILES string of the molecule is Clc1cccc(Cl)c1N(C1=NCCN1)[C@@H]1CCCCO1. The molecule has 108 valence electrons. The normalized spacial score (nSPS) is 22.3. The average molecular weight is 314 g/mol. The van der Waals surface area contributed by atoms with E-state index in [1.54, 1.807) is 0 Å². The monoisotopic (exact) mass is 313 g/mol. The summed E-state index contributed by atoms with van der Waals surface area (Å²) in [6.07, 6.45) is 3.12. The molecule has 20 heavy (non-hydrogen) atoms. The van der Waals surface area contributed by atoms with E-state index < -0.39 is 0 Å². The van der Waals surface area contributed by atoms with Crippen molar-refractivity contribution in [2.45, 2.75) is 25.5 Å². The lowest BCUT2D eigenvalue weighted by Crippen LogP contribution is -2.48. The average Bonchev–Trinajstić information content (AvgIpc) is 2.98. The smallest absolute Gasteiger partial charge is 0.200 e. The first kappa shape index (κ1) is 14.0. The van der Waals surface area contributed by atoms with E-state index in [2.05, 4.69) is 10.3 Å². The topological polar surface area (TPSA) is 36.9 Å². The number of para-hydroxylation sites is 1. The number of hydrogen-bond donors (Lipinski definition) is 1. The maximum Gasteiger partial charge on any atom is 0.200 e. The van der Waals surface area contributed by atoms with Gasteiger partial charge in [-0.25, -0.2) is 0 Å². The van der Waals surface area contributed by atoms with Gasteiger partial charge in [0.15, 0.2) is 0 Å². The van der Waals surface area contributed by atoms with E-state index in [4.69, 9.17) is 27.9 Å². The molecule has 0 amide bonds. The lowest BCUT2D eigenvalue weighted by atomic mass is 10.1. The number of hydrogen-bond acceptors (Lipinski definition) is 4. The van der Waals surface area contributed by atoms with Crippen molar-refractivity contribution in [3.8, 4) is 0 Å². The van der Waals surface area contributed by atoms with Gasteiger partial charge in [0, 0.05) is 13.2 Å². The molecule has 0 unspecified atom stereocenters. The molecule has 2 aliphatic heterocycles. The Morgan fingerprint density at radius 1 is 1.25 bits per heavy atom. The fraction of sp³-hybridized carbons (Fsp3) is 0.500. The number of nitrogens with one attached hydrogen (secondary N) is 1. The molecule has 0 saturated carbocycles. The van der Waals surface area contributed by atoms with Crippen LogP contribution < -0.4 is 10.2 Å². The second-order valence-corrected chi connectivity index (χ2v) is 5.71. The van der Waals surface area contributed by atoms with Gasteiger partial charge in [-0.05, 0) is 31.4 Å². The fourth-order valence-corrected chi connectivity index (χ4v) is 3.16. The van der Waals surface area contributed by atoms with Crippen molar-refractivity contribution < 1.29 is 4.74 Å². The minimum absolute atomic E-state index is 0.0644. The summed E-state index contributed by atoms with van der Waals surface area (Å²) in [4.78, 5) is 6.51. The predicted molar refractivity (Wildman–Crippen MR) is 82.8 cm³/mol. The number of halogens is 2. The molecule has 1 saturated heterocycles. The van der Waals surface area contributed by atoms with Gasteiger partial charge in [-0.15, -0.1) is 0 Å². The third kappa shape index (κ3) is 2.73. The standard InChI is InChI=1S/C14H17Cl2N3O/c15-10-4-3-5-11(16)13(10)19(14-17-7-8-18-14)12-6-1-2-9-20-12/h3-5,12H,1-2,6-9H2,(H,17,18)/t12-/m0/s1. The molecule has 1 aromatic rings. The molecule has 0 spiro atoms. The molecule has 2 heterocycles. The highest BCUT2D eigenvalue weighted by molar-refractivity contribution is 6.40. The summed E-state index contributed by atoms with van der Waals surface area (Å²) in [5, 5.41) is 4.51. The molecule has 4 nitrogen and oxygen atoms in total. The van der Waals surface area contributed by atoms with Crippen LogP contribution in [0.25, 0.3) is 0 Å². The zero-order valence-electron chi connectivity index (χ0n) is 11.1. The summed E-state index contributed by atoms with van der Waals surface area (Å²) >= 11 is 12.7. The van der Waals surface area contributed by atoms with Gasteiger partial charge in [0.1, 0.15) is 6.23 Å². The minimum Gasteiger partial charge on any atom is -0.358 e. The van der Waals surface area contributed by atoms with Gasteiger partial charge in [-0.3, -0.25) is 9.89 Å². The van der Waals surface area contributed by atoms with Crippen molar-refractivity contribution in [2.75, 3.05) is 24.6 Å². The first-order valence-corrected chi connectivity index (χ1v) is 7.66. The van der Waals surface area contributed by atoms with Gasteiger partial charge in [0.05, 0.1) is 22.3 Å². The third-order valence-corrected chi connectivity index (χ3v) is 4.12. The van der Waals surface area contributed by atoms with Crippen molar-refractivity contribution >= 4 is 34.8 Å². The van der Waals surface area contributed by atoms with Crippen molar-refractivity contribution in [3.63, 3.8) is 0 Å². The molecule has 3 rings (SSSR count). The van der Waals surface area contributed by atoms with E-state index in [0.29, 0.717) is 10.0 Å². The van der Waals surface area contributed by atoms with Crippen LogP contribution in [-0.2, 0) is 4.74 Å². The number of nitrogens with zero attached hydrogens (tertiary/aromatic N) is 2. The molecule has 1 atom stereocenters. The molecular formula is C14H17Cl2N3O. The van der Waals surface area contributed by atoms with Crippen molar-refractivity contribution in [1.82, 2.24) is 5.32 Å². The van der Waals surface area contributed by atoms with E-state index in [1.807, 2.05) is 23.1 Å². The van der Waals surface area contributed by atoms with E-state index in [0.717, 1.165) is 50.6 Å². The molecule has 1 fully saturated rings. The maximum atomic E-state index is 6.36. The number of anilines is 1. The van der Waals surface area contributed by atoms with Gasteiger partial charge in [0.25, 0.3) is 0 Å². The van der Waals surface area contributed by atoms with Crippen LogP contribution in [0.5, 0.6) is 0 Å². The number of aliphatic imine (C=N–C) groups is 1. The molecular weight excluding hydrogens is 297 g/mol. The van der Waals surface area contributed by atoms with Gasteiger partial charge in [-0.1, -0.05) is 29.3 Å². The van der Waals surface area contributed by atoms with E-state index in [9.17, 15) is 0 Å². The Morgan fingerprint density at radius 3 is 2.65 bits per heavy atom. The van der Waals surface area contributed by atoms with Crippen molar-refractivity contribution in [1.29, 1.82) is 0 Å². The summed E-state index contributed by atoms with van der Waals surface area (Å²) in [6, 6.07) is 5.53. The lowest BCUT2D eigenvalue weighted by molar-refractivity contribution is 0.0222. The minimum atomic E-state index is -0.0644. The molecule has 0 aromatic heterocycles. The van der Waals surface area contributed by atoms with Gasteiger partial charge in [0.2, 0.25) is 5.96 Å². The van der Waals surface area contributed by atoms with Crippen LogP contribution in [0.4, 0.5) is 5.69 Å². The number of benzene rings is 1. The maximum absolute atomic E-state index is 6.36. The summed E-state index contributed by atoms with van der Waals surface area (Å²) in [5.41, 5.74) is 0.774. The quantitative estimate of drug-likeness (QED) is 0.910. The van der Waals surface area contributed by atoms with E-state index in [1.165, 1.54) is 0 Å². The Labute approximate surface area is 128 Å². The highest BCUT2D eigenvalue weighted by Gasteiger charge is 2.30. The van der Waals surface area contributed by atoms with Crippen LogP contribution in [0.3, 0.4) is 0 Å². The number of guanidine groups is 1. The van der Waals surface area contributed by atoms with Crippen LogP contribution in [0.2, 0.25) is 10.0 Å². The number of ether oxygens (including phenoxy) is 1. The number of rotatable bonds is 2. The Morgan fingerprint density at radius 2 is 2.05 bits per heavy atom. The van der Waals surface area contributed by atoms with Crippen LogP contribution in [0.15, 0.2) is 23.2 Å². The molecule has 2 aliphatic rings. The van der Waals surface area contributed by atoms with E-state index >= 15 is 0 Å². The van der Waals surface area contributed by atoms with Gasteiger partial charge < -0.3 is 10.1 Å². The predicted octanol–water partition coefficient (Wildman–Crippen LogP) is 3.29. The van der Waals surface area contributed by atoms with Crippen LogP contribution in [0.1, 0.15) is 19.3 Å². The Kier molecular flexibility index (Phi) is 4.34. The largest absolute Gasteiger partial charge is 0.358 e. The summed E-state index contributed by atoms with van der Waals surface area (Å²) < 4.78 is 5.90. The zero-order valence-corrected chi connectivity index (χ0v) is 12.6.